The molecule has 152 valence electrons. The predicted molar refractivity (Wildman–Crippen MR) is 109 cm³/mol. The first-order valence-electron chi connectivity index (χ1n) is 10.3. The van der Waals surface area contributed by atoms with Crippen LogP contribution >= 0.6 is 0 Å². The highest BCUT2D eigenvalue weighted by Crippen LogP contribution is 2.27. The van der Waals surface area contributed by atoms with Crippen LogP contribution in [0.1, 0.15) is 44.9 Å². The Morgan fingerprint density at radius 2 is 1.86 bits per heavy atom. The fourth-order valence-electron chi connectivity index (χ4n) is 4.51. The van der Waals surface area contributed by atoms with E-state index in [1.807, 2.05) is 29.9 Å². The van der Waals surface area contributed by atoms with Gasteiger partial charge < -0.3 is 9.88 Å². The highest BCUT2D eigenvalue weighted by molar-refractivity contribution is 7.89. The van der Waals surface area contributed by atoms with Crippen molar-refractivity contribution in [3.63, 3.8) is 0 Å². The molecular formula is C21H29N3O3S. The quantitative estimate of drug-likeness (QED) is 0.853. The molecule has 2 aromatic rings. The van der Waals surface area contributed by atoms with Crippen LogP contribution in [0.4, 0.5) is 0 Å². The van der Waals surface area contributed by atoms with E-state index in [0.29, 0.717) is 11.4 Å². The molecule has 1 aliphatic carbocycles. The maximum Gasteiger partial charge on any atom is 0.243 e. The summed E-state index contributed by atoms with van der Waals surface area (Å²) >= 11 is 0. The third kappa shape index (κ3) is 3.82. The molecule has 1 aliphatic heterocycles. The monoisotopic (exact) mass is 403 g/mol. The number of amides is 1. The van der Waals surface area contributed by atoms with Crippen molar-refractivity contribution in [3.05, 3.63) is 30.5 Å². The highest BCUT2D eigenvalue weighted by atomic mass is 32.2. The SMILES string of the molecule is Cn1ccc2cc(S(=O)(=O)N3CCC[C@@H](C(=O)NC4CCCCC4)C3)ccc21. The second-order valence-electron chi connectivity index (χ2n) is 8.19. The van der Waals surface area contributed by atoms with Crippen LogP contribution in [0.15, 0.2) is 35.4 Å². The fraction of sp³-hybridized carbons (Fsp3) is 0.571. The van der Waals surface area contributed by atoms with Crippen molar-refractivity contribution in [2.45, 2.75) is 55.9 Å². The molecule has 0 bridgehead atoms. The van der Waals surface area contributed by atoms with Crippen LogP contribution in [-0.2, 0) is 21.9 Å². The lowest BCUT2D eigenvalue weighted by Crippen LogP contribution is -2.47. The van der Waals surface area contributed by atoms with E-state index in [1.54, 1.807) is 12.1 Å². The summed E-state index contributed by atoms with van der Waals surface area (Å²) in [4.78, 5) is 13.0. The Kier molecular flexibility index (Phi) is 5.47. The number of sulfonamides is 1. The van der Waals surface area contributed by atoms with Gasteiger partial charge >= 0.3 is 0 Å². The molecule has 1 aromatic heterocycles. The van der Waals surface area contributed by atoms with Crippen LogP contribution in [0.2, 0.25) is 0 Å². The molecule has 6 nitrogen and oxygen atoms in total. The molecule has 1 aromatic carbocycles. The Labute approximate surface area is 166 Å². The van der Waals surface area contributed by atoms with Crippen molar-refractivity contribution in [2.75, 3.05) is 13.1 Å². The van der Waals surface area contributed by atoms with E-state index >= 15 is 0 Å². The third-order valence-corrected chi connectivity index (χ3v) is 8.06. The number of nitrogens with one attached hydrogen (secondary N) is 1. The molecule has 1 atom stereocenters. The number of carbonyl (C=O) groups excluding carboxylic acids is 1. The first-order valence-corrected chi connectivity index (χ1v) is 11.7. The van der Waals surface area contributed by atoms with Gasteiger partial charge in [0.2, 0.25) is 15.9 Å². The minimum Gasteiger partial charge on any atom is -0.353 e. The normalized spacial score (nSPS) is 22.4. The molecular weight excluding hydrogens is 374 g/mol. The maximum absolute atomic E-state index is 13.2. The average molecular weight is 404 g/mol. The summed E-state index contributed by atoms with van der Waals surface area (Å²) in [5.74, 6) is -0.240. The fourth-order valence-corrected chi connectivity index (χ4v) is 6.07. The second-order valence-corrected chi connectivity index (χ2v) is 10.1. The summed E-state index contributed by atoms with van der Waals surface area (Å²) in [5.41, 5.74) is 1.00. The number of fused-ring (bicyclic) bond motifs is 1. The van der Waals surface area contributed by atoms with Crippen molar-refractivity contribution < 1.29 is 13.2 Å². The molecule has 1 saturated heterocycles. The lowest BCUT2D eigenvalue weighted by atomic mass is 9.93. The van der Waals surface area contributed by atoms with E-state index in [-0.39, 0.29) is 24.4 Å². The number of aromatic nitrogens is 1. The van der Waals surface area contributed by atoms with Crippen LogP contribution in [-0.4, -0.2) is 42.3 Å². The van der Waals surface area contributed by atoms with Crippen LogP contribution in [0.25, 0.3) is 10.9 Å². The van der Waals surface area contributed by atoms with Crippen LogP contribution < -0.4 is 5.32 Å². The molecule has 4 rings (SSSR count). The zero-order valence-corrected chi connectivity index (χ0v) is 17.2. The Balaban J connectivity index is 1.48. The number of rotatable bonds is 4. The number of aryl methyl sites for hydroxylation is 1. The topological polar surface area (TPSA) is 71.4 Å². The van der Waals surface area contributed by atoms with Crippen molar-refractivity contribution in [1.29, 1.82) is 0 Å². The van der Waals surface area contributed by atoms with Gasteiger partial charge in [0.25, 0.3) is 0 Å². The third-order valence-electron chi connectivity index (χ3n) is 6.20. The van der Waals surface area contributed by atoms with Crippen LogP contribution in [0.3, 0.4) is 0 Å². The Morgan fingerprint density at radius 1 is 1.07 bits per heavy atom. The lowest BCUT2D eigenvalue weighted by Gasteiger charge is -2.32. The second kappa shape index (κ2) is 7.87. The average Bonchev–Trinajstić information content (AvgIpc) is 3.09. The number of piperidine rings is 1. The number of benzene rings is 1. The smallest absolute Gasteiger partial charge is 0.243 e. The van der Waals surface area contributed by atoms with Crippen molar-refractivity contribution in [3.8, 4) is 0 Å². The van der Waals surface area contributed by atoms with Crippen molar-refractivity contribution in [2.24, 2.45) is 13.0 Å². The van der Waals surface area contributed by atoms with Gasteiger partial charge in [0.15, 0.2) is 0 Å². The standard InChI is InChI=1S/C21H29N3O3S/c1-23-13-11-16-14-19(9-10-20(16)23)28(26,27)24-12-5-6-17(15-24)21(25)22-18-7-3-2-4-8-18/h9-11,13-14,17-18H,2-8,12,15H2,1H3,(H,22,25)/t17-/m1/s1. The number of hydrogen-bond acceptors (Lipinski definition) is 3. The van der Waals surface area contributed by atoms with E-state index in [9.17, 15) is 13.2 Å². The van der Waals surface area contributed by atoms with Gasteiger partial charge in [-0.2, -0.15) is 4.31 Å². The van der Waals surface area contributed by atoms with Gasteiger partial charge in [-0.15, -0.1) is 0 Å². The molecule has 2 fully saturated rings. The van der Waals surface area contributed by atoms with Gasteiger partial charge in [0, 0.05) is 43.3 Å². The molecule has 1 saturated carbocycles. The Hall–Kier alpha value is -1.86. The van der Waals surface area contributed by atoms with Gasteiger partial charge in [-0.05, 0) is 49.9 Å². The molecule has 1 amide bonds. The molecule has 28 heavy (non-hydrogen) atoms. The van der Waals surface area contributed by atoms with Gasteiger partial charge in [0.05, 0.1) is 10.8 Å². The predicted octanol–water partition coefficient (Wildman–Crippen LogP) is 3.03. The largest absolute Gasteiger partial charge is 0.353 e. The summed E-state index contributed by atoms with van der Waals surface area (Å²) < 4.78 is 29.8. The molecule has 0 spiro atoms. The van der Waals surface area contributed by atoms with E-state index < -0.39 is 10.0 Å². The van der Waals surface area contributed by atoms with Crippen molar-refractivity contribution in [1.82, 2.24) is 14.2 Å². The lowest BCUT2D eigenvalue weighted by molar-refractivity contribution is -0.127. The summed E-state index contributed by atoms with van der Waals surface area (Å²) in [5, 5.41) is 4.07. The van der Waals surface area contributed by atoms with Crippen LogP contribution in [0.5, 0.6) is 0 Å². The molecule has 2 heterocycles. The summed E-state index contributed by atoms with van der Waals surface area (Å²) in [6, 6.07) is 7.43. The van der Waals surface area contributed by atoms with E-state index in [4.69, 9.17) is 0 Å². The number of hydrogen-bond donors (Lipinski definition) is 1. The minimum atomic E-state index is -3.60. The Bertz CT molecular complexity index is 960. The summed E-state index contributed by atoms with van der Waals surface area (Å²) in [6.45, 7) is 0.746. The first-order chi connectivity index (χ1) is 13.4. The van der Waals surface area contributed by atoms with Gasteiger partial charge in [-0.3, -0.25) is 4.79 Å². The molecule has 0 radical (unpaired) electrons. The number of carbonyl (C=O) groups is 1. The van der Waals surface area contributed by atoms with E-state index in [1.165, 1.54) is 10.7 Å². The van der Waals surface area contributed by atoms with Gasteiger partial charge in [-0.1, -0.05) is 19.3 Å². The van der Waals surface area contributed by atoms with E-state index in [0.717, 1.165) is 49.4 Å². The zero-order chi connectivity index (χ0) is 19.7. The molecule has 1 N–H and O–H groups in total. The molecule has 7 heteroatoms. The molecule has 0 unspecified atom stereocenters. The van der Waals surface area contributed by atoms with Gasteiger partial charge in [-0.25, -0.2) is 8.42 Å². The first kappa shape index (κ1) is 19.5. The zero-order valence-electron chi connectivity index (χ0n) is 16.4. The maximum atomic E-state index is 13.2. The molecule has 2 aliphatic rings. The minimum absolute atomic E-state index is 0.0188. The number of nitrogens with zero attached hydrogens (tertiary/aromatic N) is 2. The highest BCUT2D eigenvalue weighted by Gasteiger charge is 2.34. The Morgan fingerprint density at radius 3 is 2.64 bits per heavy atom. The van der Waals surface area contributed by atoms with E-state index in [2.05, 4.69) is 5.32 Å². The summed E-state index contributed by atoms with van der Waals surface area (Å²) in [7, 11) is -1.66. The van der Waals surface area contributed by atoms with Crippen molar-refractivity contribution >= 4 is 26.8 Å². The summed E-state index contributed by atoms with van der Waals surface area (Å²) in [6.07, 6.45) is 9.05. The van der Waals surface area contributed by atoms with Crippen LogP contribution in [0, 0.1) is 5.92 Å². The van der Waals surface area contributed by atoms with Gasteiger partial charge in [0.1, 0.15) is 0 Å².